The molecule has 0 heterocycles. The van der Waals surface area contributed by atoms with E-state index in [0.717, 1.165) is 17.2 Å². The molecule has 0 spiro atoms. The molecule has 0 aromatic heterocycles. The molecule has 0 amide bonds. The van der Waals surface area contributed by atoms with Gasteiger partial charge in [-0.1, -0.05) is 61.7 Å². The predicted molar refractivity (Wildman–Crippen MR) is 132 cm³/mol. The van der Waals surface area contributed by atoms with E-state index in [0.29, 0.717) is 13.2 Å². The van der Waals surface area contributed by atoms with E-state index in [1.165, 1.54) is 16.7 Å². The van der Waals surface area contributed by atoms with Crippen molar-refractivity contribution in [2.24, 2.45) is 0 Å². The Bertz CT molecular complexity index is 939. The van der Waals surface area contributed by atoms with Crippen molar-refractivity contribution in [3.63, 3.8) is 0 Å². The van der Waals surface area contributed by atoms with E-state index in [4.69, 9.17) is 14.2 Å². The first-order valence-electron chi connectivity index (χ1n) is 10.9. The minimum absolute atomic E-state index is 0.0700. The zero-order valence-corrected chi connectivity index (χ0v) is 19.2. The molecule has 0 atom stereocenters. The monoisotopic (exact) mass is 428 g/mol. The average Bonchev–Trinajstić information content (AvgIpc) is 2.78. The van der Waals surface area contributed by atoms with Crippen LogP contribution in [0.1, 0.15) is 43.4 Å². The molecule has 0 aliphatic rings. The van der Waals surface area contributed by atoms with Gasteiger partial charge in [0, 0.05) is 5.92 Å². The summed E-state index contributed by atoms with van der Waals surface area (Å²) in [5.74, 6) is 2.59. The Kier molecular flexibility index (Phi) is 7.77. The van der Waals surface area contributed by atoms with Crippen LogP contribution in [-0.4, -0.2) is 18.8 Å². The van der Waals surface area contributed by atoms with E-state index in [1.54, 1.807) is 12.2 Å². The van der Waals surface area contributed by atoms with Gasteiger partial charge < -0.3 is 14.2 Å². The Morgan fingerprint density at radius 2 is 0.969 bits per heavy atom. The van der Waals surface area contributed by atoms with Crippen molar-refractivity contribution in [1.82, 2.24) is 0 Å². The zero-order chi connectivity index (χ0) is 23.0. The maximum Gasteiger partial charge on any atom is 0.120 e. The Labute approximate surface area is 192 Å². The first-order chi connectivity index (χ1) is 15.4. The van der Waals surface area contributed by atoms with E-state index < -0.39 is 0 Å². The highest BCUT2D eigenvalue weighted by molar-refractivity contribution is 5.47. The van der Waals surface area contributed by atoms with Crippen LogP contribution < -0.4 is 14.2 Å². The Morgan fingerprint density at radius 1 is 0.625 bits per heavy atom. The first kappa shape index (κ1) is 23.2. The molecule has 0 fully saturated rings. The van der Waals surface area contributed by atoms with Crippen LogP contribution in [0.25, 0.3) is 0 Å². The minimum Gasteiger partial charge on any atom is -0.490 e. The van der Waals surface area contributed by atoms with Crippen LogP contribution in [0.3, 0.4) is 0 Å². The van der Waals surface area contributed by atoms with Gasteiger partial charge in [-0.15, -0.1) is 0 Å². The lowest BCUT2D eigenvalue weighted by atomic mass is 9.85. The van der Waals surface area contributed by atoms with Crippen LogP contribution in [0, 0.1) is 0 Å². The minimum atomic E-state index is -0.233. The number of rotatable bonds is 10. The lowest BCUT2D eigenvalue weighted by molar-refractivity contribution is 0.131. The normalized spacial score (nSPS) is 11.1. The average molecular weight is 429 g/mol. The summed E-state index contributed by atoms with van der Waals surface area (Å²) in [5.41, 5.74) is 3.31. The molecule has 32 heavy (non-hydrogen) atoms. The largest absolute Gasteiger partial charge is 0.490 e. The molecular weight excluding hydrogens is 396 g/mol. The second-order valence-electron chi connectivity index (χ2n) is 8.55. The molecule has 0 aliphatic heterocycles. The van der Waals surface area contributed by atoms with Crippen molar-refractivity contribution in [3.05, 3.63) is 115 Å². The van der Waals surface area contributed by atoms with Crippen LogP contribution in [0.5, 0.6) is 17.2 Å². The molecule has 3 nitrogen and oxygen atoms in total. The van der Waals surface area contributed by atoms with Crippen molar-refractivity contribution >= 4 is 0 Å². The maximum atomic E-state index is 6.01. The van der Waals surface area contributed by atoms with Crippen molar-refractivity contribution in [2.75, 3.05) is 13.2 Å². The third-order valence-electron chi connectivity index (χ3n) is 4.80. The summed E-state index contributed by atoms with van der Waals surface area (Å²) in [7, 11) is 0. The molecule has 0 unspecified atom stereocenters. The quantitative estimate of drug-likeness (QED) is 0.253. The van der Waals surface area contributed by atoms with Gasteiger partial charge in [0.15, 0.2) is 0 Å². The lowest BCUT2D eigenvalue weighted by Crippen LogP contribution is -2.22. The smallest absolute Gasteiger partial charge is 0.120 e. The lowest BCUT2D eigenvalue weighted by Gasteiger charge is -2.23. The molecule has 0 saturated carbocycles. The molecule has 3 aromatic rings. The highest BCUT2D eigenvalue weighted by atomic mass is 16.5. The van der Waals surface area contributed by atoms with Gasteiger partial charge in [0.1, 0.15) is 36.1 Å². The number of benzene rings is 3. The summed E-state index contributed by atoms with van der Waals surface area (Å²) in [6, 6.07) is 24.8. The molecule has 3 heteroatoms. The van der Waals surface area contributed by atoms with E-state index in [-0.39, 0.29) is 11.5 Å². The second-order valence-corrected chi connectivity index (χ2v) is 8.55. The SMILES string of the molecule is C=CCOc1ccc(C(c2ccc(OCC=C)cc2)c2ccc(OC(C)(C)C)cc2)cc1. The van der Waals surface area contributed by atoms with Crippen LogP contribution in [0.4, 0.5) is 0 Å². The van der Waals surface area contributed by atoms with Crippen LogP contribution >= 0.6 is 0 Å². The fourth-order valence-electron chi connectivity index (χ4n) is 3.48. The van der Waals surface area contributed by atoms with Crippen LogP contribution in [-0.2, 0) is 0 Å². The second kappa shape index (κ2) is 10.7. The van der Waals surface area contributed by atoms with E-state index in [9.17, 15) is 0 Å². The molecule has 0 aliphatic carbocycles. The molecule has 0 saturated heterocycles. The van der Waals surface area contributed by atoms with Gasteiger partial charge in [0.2, 0.25) is 0 Å². The predicted octanol–water partition coefficient (Wildman–Crippen LogP) is 7.17. The highest BCUT2D eigenvalue weighted by Gasteiger charge is 2.18. The molecule has 0 N–H and O–H groups in total. The van der Waals surface area contributed by atoms with Crippen molar-refractivity contribution < 1.29 is 14.2 Å². The number of hydrogen-bond acceptors (Lipinski definition) is 3. The zero-order valence-electron chi connectivity index (χ0n) is 19.2. The standard InChI is InChI=1S/C29H32O3/c1-6-20-30-25-14-8-22(9-15-25)28(23-10-16-26(17-11-23)31-21-7-2)24-12-18-27(19-13-24)32-29(3,4)5/h6-19,28H,1-2,20-21H2,3-5H3. The number of hydrogen-bond donors (Lipinski definition) is 0. The summed E-state index contributed by atoms with van der Waals surface area (Å²) in [6.07, 6.45) is 3.49. The van der Waals surface area contributed by atoms with Gasteiger partial charge in [-0.2, -0.15) is 0 Å². The van der Waals surface area contributed by atoms with E-state index in [2.05, 4.69) is 70.3 Å². The summed E-state index contributed by atoms with van der Waals surface area (Å²) in [5, 5.41) is 0. The third kappa shape index (κ3) is 6.52. The van der Waals surface area contributed by atoms with Crippen molar-refractivity contribution in [1.29, 1.82) is 0 Å². The van der Waals surface area contributed by atoms with Gasteiger partial charge in [-0.3, -0.25) is 0 Å². The fraction of sp³-hybridized carbons (Fsp3) is 0.241. The first-order valence-corrected chi connectivity index (χ1v) is 10.9. The molecule has 3 aromatic carbocycles. The van der Waals surface area contributed by atoms with Crippen LogP contribution in [0.15, 0.2) is 98.1 Å². The summed E-state index contributed by atoms with van der Waals surface area (Å²) in [6.45, 7) is 14.5. The third-order valence-corrected chi connectivity index (χ3v) is 4.80. The Balaban J connectivity index is 1.94. The molecule has 0 bridgehead atoms. The van der Waals surface area contributed by atoms with Gasteiger partial charge in [-0.25, -0.2) is 0 Å². The molecule has 0 radical (unpaired) electrons. The maximum absolute atomic E-state index is 6.01. The number of ether oxygens (including phenoxy) is 3. The summed E-state index contributed by atoms with van der Waals surface area (Å²) in [4.78, 5) is 0. The fourth-order valence-corrected chi connectivity index (χ4v) is 3.48. The van der Waals surface area contributed by atoms with E-state index >= 15 is 0 Å². The van der Waals surface area contributed by atoms with Crippen LogP contribution in [0.2, 0.25) is 0 Å². The van der Waals surface area contributed by atoms with Crippen molar-refractivity contribution in [2.45, 2.75) is 32.3 Å². The Hall–Kier alpha value is -3.46. The van der Waals surface area contributed by atoms with E-state index in [1.807, 2.05) is 36.4 Å². The van der Waals surface area contributed by atoms with Gasteiger partial charge in [0.05, 0.1) is 0 Å². The topological polar surface area (TPSA) is 27.7 Å². The summed E-state index contributed by atoms with van der Waals surface area (Å²) >= 11 is 0. The molecule has 3 rings (SSSR count). The Morgan fingerprint density at radius 3 is 1.28 bits per heavy atom. The molecule has 166 valence electrons. The van der Waals surface area contributed by atoms with Gasteiger partial charge in [-0.05, 0) is 73.9 Å². The highest BCUT2D eigenvalue weighted by Crippen LogP contribution is 2.35. The summed E-state index contributed by atoms with van der Waals surface area (Å²) < 4.78 is 17.3. The van der Waals surface area contributed by atoms with Crippen molar-refractivity contribution in [3.8, 4) is 17.2 Å². The van der Waals surface area contributed by atoms with Gasteiger partial charge >= 0.3 is 0 Å². The van der Waals surface area contributed by atoms with Gasteiger partial charge in [0.25, 0.3) is 0 Å². The molecular formula is C29H32O3.